The molecule has 0 radical (unpaired) electrons. The summed E-state index contributed by atoms with van der Waals surface area (Å²) in [5.41, 5.74) is -3.30. The molecule has 0 aliphatic rings. The summed E-state index contributed by atoms with van der Waals surface area (Å²) < 4.78 is 70.1. The largest absolute Gasteiger partial charge is 0.466 e. The third kappa shape index (κ3) is 2.76. The van der Waals surface area contributed by atoms with Crippen LogP contribution >= 0.6 is 0 Å². The van der Waals surface area contributed by atoms with Crippen LogP contribution in [-0.2, 0) is 5.60 Å². The Balaban J connectivity index is 2.51. The zero-order valence-electron chi connectivity index (χ0n) is 11.0. The van der Waals surface area contributed by atoms with Gasteiger partial charge in [-0.15, -0.1) is 0 Å². The second kappa shape index (κ2) is 5.57. The molecule has 2 rings (SSSR count). The van der Waals surface area contributed by atoms with Crippen molar-refractivity contribution in [1.29, 1.82) is 0 Å². The Morgan fingerprint density at radius 2 is 1.55 bits per heavy atom. The van der Waals surface area contributed by atoms with Crippen LogP contribution in [0.15, 0.2) is 59.2 Å². The maximum absolute atomic E-state index is 13.8. The van der Waals surface area contributed by atoms with Gasteiger partial charge in [0.25, 0.3) is 0 Å². The minimum atomic E-state index is -5.95. The summed E-state index contributed by atoms with van der Waals surface area (Å²) in [6.45, 7) is 0. The molecule has 0 saturated heterocycles. The molecule has 22 heavy (non-hydrogen) atoms. The number of hydrogen-bond acceptors (Lipinski definition) is 2. The summed E-state index contributed by atoms with van der Waals surface area (Å²) >= 11 is 0. The predicted octanol–water partition coefficient (Wildman–Crippen LogP) is 4.38. The highest BCUT2D eigenvalue weighted by molar-refractivity contribution is 5.51. The minimum absolute atomic E-state index is 0.352. The molecule has 0 saturated carbocycles. The Kier molecular flexibility index (Phi) is 4.10. The molecule has 0 aliphatic heterocycles. The first-order valence-electron chi connectivity index (χ1n) is 6.14. The fourth-order valence-electron chi connectivity index (χ4n) is 1.83. The van der Waals surface area contributed by atoms with Crippen LogP contribution in [-0.4, -0.2) is 17.2 Å². The zero-order valence-corrected chi connectivity index (χ0v) is 11.0. The maximum atomic E-state index is 13.8. The van der Waals surface area contributed by atoms with E-state index in [4.69, 9.17) is 0 Å². The van der Waals surface area contributed by atoms with Crippen molar-refractivity contribution in [3.05, 3.63) is 66.1 Å². The topological polar surface area (TPSA) is 33.4 Å². The van der Waals surface area contributed by atoms with Crippen molar-refractivity contribution in [3.63, 3.8) is 0 Å². The first-order chi connectivity index (χ1) is 10.2. The second-order valence-electron chi connectivity index (χ2n) is 4.56. The third-order valence-corrected chi connectivity index (χ3v) is 3.05. The van der Waals surface area contributed by atoms with E-state index in [1.807, 2.05) is 0 Å². The van der Waals surface area contributed by atoms with E-state index in [0.717, 1.165) is 24.5 Å². The highest BCUT2D eigenvalue weighted by atomic mass is 19.4. The molecule has 118 valence electrons. The van der Waals surface area contributed by atoms with Gasteiger partial charge >= 0.3 is 12.1 Å². The van der Waals surface area contributed by atoms with Crippen molar-refractivity contribution < 1.29 is 31.5 Å². The highest BCUT2D eigenvalue weighted by Gasteiger charge is 2.70. The van der Waals surface area contributed by atoms with Gasteiger partial charge in [0, 0.05) is 0 Å². The second-order valence-corrected chi connectivity index (χ2v) is 4.56. The fourth-order valence-corrected chi connectivity index (χ4v) is 1.83. The third-order valence-electron chi connectivity index (χ3n) is 3.05. The minimum Gasteiger partial charge on any atom is -0.466 e. The van der Waals surface area contributed by atoms with Crippen molar-refractivity contribution in [2.75, 3.05) is 0 Å². The molecule has 1 N–H and O–H groups in total. The van der Waals surface area contributed by atoms with E-state index < -0.39 is 23.5 Å². The fraction of sp³-hybridized carbons (Fsp3) is 0.200. The van der Waals surface area contributed by atoms with E-state index in [0.29, 0.717) is 11.6 Å². The first-order valence-corrected chi connectivity index (χ1v) is 6.14. The number of halogens is 5. The van der Waals surface area contributed by atoms with E-state index in [2.05, 4.69) is 4.42 Å². The molecular weight excluding hydrogens is 307 g/mol. The van der Waals surface area contributed by atoms with Gasteiger partial charge in [0.2, 0.25) is 5.60 Å². The number of hydrogen-bond donors (Lipinski definition) is 1. The Hall–Kier alpha value is -2.15. The molecule has 2 aromatic rings. The molecule has 7 heteroatoms. The van der Waals surface area contributed by atoms with Crippen molar-refractivity contribution >= 4 is 6.08 Å². The van der Waals surface area contributed by atoms with Gasteiger partial charge in [-0.05, 0) is 23.8 Å². The van der Waals surface area contributed by atoms with Crippen molar-refractivity contribution in [3.8, 4) is 0 Å². The van der Waals surface area contributed by atoms with Crippen LogP contribution in [0.25, 0.3) is 6.08 Å². The molecule has 1 unspecified atom stereocenters. The normalized spacial score (nSPS) is 15.9. The number of aliphatic hydroxyl groups is 1. The summed E-state index contributed by atoms with van der Waals surface area (Å²) in [5, 5.41) is 10.0. The van der Waals surface area contributed by atoms with Gasteiger partial charge in [0.1, 0.15) is 5.76 Å². The van der Waals surface area contributed by atoms with Crippen LogP contribution in [0.1, 0.15) is 11.3 Å². The zero-order chi connectivity index (χ0) is 16.4. The highest BCUT2D eigenvalue weighted by Crippen LogP contribution is 2.49. The SMILES string of the molecule is OC(/C=C/c1ccccc1)(c1ccco1)C(F)(F)C(F)(F)F. The molecule has 1 aromatic carbocycles. The van der Waals surface area contributed by atoms with E-state index in [1.54, 1.807) is 18.2 Å². The first kappa shape index (κ1) is 16.2. The van der Waals surface area contributed by atoms with Crippen LogP contribution in [0.4, 0.5) is 22.0 Å². The smallest absolute Gasteiger partial charge is 0.457 e. The lowest BCUT2D eigenvalue weighted by Crippen LogP contribution is -2.53. The van der Waals surface area contributed by atoms with Gasteiger partial charge in [-0.25, -0.2) is 0 Å². The maximum Gasteiger partial charge on any atom is 0.457 e. The van der Waals surface area contributed by atoms with Crippen LogP contribution < -0.4 is 0 Å². The average Bonchev–Trinajstić information content (AvgIpc) is 2.99. The van der Waals surface area contributed by atoms with Crippen LogP contribution in [0.2, 0.25) is 0 Å². The van der Waals surface area contributed by atoms with Crippen molar-refractivity contribution in [2.45, 2.75) is 17.7 Å². The van der Waals surface area contributed by atoms with Gasteiger partial charge < -0.3 is 9.52 Å². The number of furan rings is 1. The Morgan fingerprint density at radius 1 is 0.909 bits per heavy atom. The van der Waals surface area contributed by atoms with E-state index in [9.17, 15) is 27.1 Å². The van der Waals surface area contributed by atoms with Gasteiger partial charge in [0.05, 0.1) is 6.26 Å². The molecule has 0 amide bonds. The summed E-state index contributed by atoms with van der Waals surface area (Å²) in [7, 11) is 0. The summed E-state index contributed by atoms with van der Waals surface area (Å²) in [4.78, 5) is 0. The molecule has 0 spiro atoms. The molecule has 1 heterocycles. The molecular formula is C15H11F5O2. The Bertz CT molecular complexity index is 632. The van der Waals surface area contributed by atoms with Gasteiger partial charge in [-0.2, -0.15) is 22.0 Å². The summed E-state index contributed by atoms with van der Waals surface area (Å²) in [5.74, 6) is -6.33. The van der Waals surface area contributed by atoms with E-state index in [1.165, 1.54) is 12.1 Å². The van der Waals surface area contributed by atoms with Gasteiger partial charge in [-0.1, -0.05) is 36.4 Å². The number of alkyl halides is 5. The number of benzene rings is 1. The van der Waals surface area contributed by atoms with Crippen LogP contribution in [0.5, 0.6) is 0 Å². The average molecular weight is 318 g/mol. The summed E-state index contributed by atoms with van der Waals surface area (Å²) in [6, 6.07) is 9.76. The van der Waals surface area contributed by atoms with Crippen LogP contribution in [0, 0.1) is 0 Å². The predicted molar refractivity (Wildman–Crippen MR) is 69.1 cm³/mol. The molecule has 2 nitrogen and oxygen atoms in total. The molecule has 0 aliphatic carbocycles. The monoisotopic (exact) mass is 318 g/mol. The van der Waals surface area contributed by atoms with Gasteiger partial charge in [-0.3, -0.25) is 0 Å². The van der Waals surface area contributed by atoms with Gasteiger partial charge in [0.15, 0.2) is 0 Å². The summed E-state index contributed by atoms with van der Waals surface area (Å²) in [6.07, 6.45) is -3.69. The molecule has 0 bridgehead atoms. The van der Waals surface area contributed by atoms with Crippen LogP contribution in [0.3, 0.4) is 0 Å². The lowest BCUT2D eigenvalue weighted by molar-refractivity contribution is -0.337. The lowest BCUT2D eigenvalue weighted by Gasteiger charge is -2.32. The van der Waals surface area contributed by atoms with E-state index in [-0.39, 0.29) is 0 Å². The Morgan fingerprint density at radius 3 is 2.05 bits per heavy atom. The molecule has 1 aromatic heterocycles. The standard InChI is InChI=1S/C15H11F5O2/c16-14(17,15(18,19)20)13(21,12-7-4-10-22-12)9-8-11-5-2-1-3-6-11/h1-10,21H/b9-8+. The number of rotatable bonds is 4. The Labute approximate surface area is 122 Å². The quantitative estimate of drug-likeness (QED) is 0.849. The van der Waals surface area contributed by atoms with Crippen molar-refractivity contribution in [1.82, 2.24) is 0 Å². The molecule has 1 atom stereocenters. The molecule has 0 fully saturated rings. The van der Waals surface area contributed by atoms with E-state index >= 15 is 0 Å². The lowest BCUT2D eigenvalue weighted by atomic mass is 9.90. The van der Waals surface area contributed by atoms with Crippen molar-refractivity contribution in [2.24, 2.45) is 0 Å².